The largest absolute Gasteiger partial charge is 0.433 e. The van der Waals surface area contributed by atoms with Crippen LogP contribution in [0, 0.1) is 6.92 Å². The SMILES string of the molecule is Cc1nc(C(F)(F)F)ccc1C(=O)N(C)Cc1ccccc1Cl. The number of carbonyl (C=O) groups excluding carboxylic acids is 1. The molecule has 0 aliphatic rings. The van der Waals surface area contributed by atoms with Crippen molar-refractivity contribution < 1.29 is 18.0 Å². The van der Waals surface area contributed by atoms with Crippen molar-refractivity contribution >= 4 is 17.5 Å². The normalized spacial score (nSPS) is 11.4. The lowest BCUT2D eigenvalue weighted by atomic mass is 10.1. The second-order valence-electron chi connectivity index (χ2n) is 5.08. The van der Waals surface area contributed by atoms with Crippen LogP contribution in [0.5, 0.6) is 0 Å². The quantitative estimate of drug-likeness (QED) is 0.831. The summed E-state index contributed by atoms with van der Waals surface area (Å²) >= 11 is 6.05. The molecule has 0 unspecified atom stereocenters. The van der Waals surface area contributed by atoms with E-state index < -0.39 is 17.8 Å². The molecule has 122 valence electrons. The molecule has 2 aromatic rings. The number of amides is 1. The van der Waals surface area contributed by atoms with E-state index in [0.717, 1.165) is 17.7 Å². The molecule has 0 aliphatic heterocycles. The molecule has 1 amide bonds. The topological polar surface area (TPSA) is 33.2 Å². The first-order valence-electron chi connectivity index (χ1n) is 6.74. The first-order valence-corrected chi connectivity index (χ1v) is 7.11. The molecule has 0 atom stereocenters. The standard InChI is InChI=1S/C16H14ClF3N2O/c1-10-12(7-8-14(21-10)16(18,19)20)15(23)22(2)9-11-5-3-4-6-13(11)17/h3-8H,9H2,1-2H3. The Balaban J connectivity index is 2.22. The Morgan fingerprint density at radius 2 is 1.87 bits per heavy atom. The molecule has 0 spiro atoms. The molecule has 1 heterocycles. The molecule has 23 heavy (non-hydrogen) atoms. The van der Waals surface area contributed by atoms with Crippen LogP contribution in [0.2, 0.25) is 5.02 Å². The van der Waals surface area contributed by atoms with Gasteiger partial charge in [0.1, 0.15) is 5.69 Å². The molecule has 0 radical (unpaired) electrons. The predicted molar refractivity (Wildman–Crippen MR) is 81.2 cm³/mol. The molecule has 0 fully saturated rings. The van der Waals surface area contributed by atoms with Gasteiger partial charge in [-0.05, 0) is 30.7 Å². The lowest BCUT2D eigenvalue weighted by Crippen LogP contribution is -2.27. The fraction of sp³-hybridized carbons (Fsp3) is 0.250. The van der Waals surface area contributed by atoms with Crippen LogP contribution >= 0.6 is 11.6 Å². The summed E-state index contributed by atoms with van der Waals surface area (Å²) in [6.07, 6.45) is -4.53. The minimum atomic E-state index is -4.53. The maximum absolute atomic E-state index is 12.6. The highest BCUT2D eigenvalue weighted by molar-refractivity contribution is 6.31. The Kier molecular flexibility index (Phi) is 4.94. The van der Waals surface area contributed by atoms with Gasteiger partial charge in [-0.25, -0.2) is 4.98 Å². The second-order valence-corrected chi connectivity index (χ2v) is 5.49. The van der Waals surface area contributed by atoms with Gasteiger partial charge in [0.15, 0.2) is 0 Å². The van der Waals surface area contributed by atoms with E-state index in [1.807, 2.05) is 0 Å². The molecule has 1 aromatic heterocycles. The summed E-state index contributed by atoms with van der Waals surface area (Å²) in [4.78, 5) is 17.3. The van der Waals surface area contributed by atoms with Crippen molar-refractivity contribution in [2.75, 3.05) is 7.05 Å². The Morgan fingerprint density at radius 3 is 2.43 bits per heavy atom. The summed E-state index contributed by atoms with van der Waals surface area (Å²) in [5, 5.41) is 0.523. The van der Waals surface area contributed by atoms with E-state index in [2.05, 4.69) is 4.98 Å². The fourth-order valence-electron chi connectivity index (χ4n) is 2.10. The lowest BCUT2D eigenvalue weighted by Gasteiger charge is -2.19. The van der Waals surface area contributed by atoms with Crippen molar-refractivity contribution in [3.05, 3.63) is 63.9 Å². The highest BCUT2D eigenvalue weighted by atomic mass is 35.5. The number of carbonyl (C=O) groups is 1. The van der Waals surface area contributed by atoms with Gasteiger partial charge < -0.3 is 4.90 Å². The molecule has 1 aromatic carbocycles. The van der Waals surface area contributed by atoms with Gasteiger partial charge >= 0.3 is 6.18 Å². The van der Waals surface area contributed by atoms with Crippen LogP contribution in [-0.2, 0) is 12.7 Å². The van der Waals surface area contributed by atoms with Crippen molar-refractivity contribution in [1.82, 2.24) is 9.88 Å². The third kappa shape index (κ3) is 4.01. The van der Waals surface area contributed by atoms with Gasteiger partial charge in [-0.2, -0.15) is 13.2 Å². The van der Waals surface area contributed by atoms with E-state index in [9.17, 15) is 18.0 Å². The molecule has 0 saturated carbocycles. The average Bonchev–Trinajstić information content (AvgIpc) is 2.48. The molecular weight excluding hydrogens is 329 g/mol. The van der Waals surface area contributed by atoms with Gasteiger partial charge in [0, 0.05) is 18.6 Å². The number of aryl methyl sites for hydroxylation is 1. The van der Waals surface area contributed by atoms with Gasteiger partial charge in [0.25, 0.3) is 5.91 Å². The Morgan fingerprint density at radius 1 is 1.22 bits per heavy atom. The van der Waals surface area contributed by atoms with E-state index in [4.69, 9.17) is 11.6 Å². The summed E-state index contributed by atoms with van der Waals surface area (Å²) in [5.41, 5.74) is -0.0914. The van der Waals surface area contributed by atoms with Crippen LogP contribution in [-0.4, -0.2) is 22.8 Å². The molecular formula is C16H14ClF3N2O. The van der Waals surface area contributed by atoms with E-state index in [-0.39, 0.29) is 17.8 Å². The van der Waals surface area contributed by atoms with Gasteiger partial charge in [0.2, 0.25) is 0 Å². The third-order valence-corrected chi connectivity index (χ3v) is 3.69. The Labute approximate surface area is 136 Å². The van der Waals surface area contributed by atoms with Crippen molar-refractivity contribution in [1.29, 1.82) is 0 Å². The summed E-state index contributed by atoms with van der Waals surface area (Å²) < 4.78 is 37.9. The van der Waals surface area contributed by atoms with Crippen LogP contribution in [0.15, 0.2) is 36.4 Å². The number of alkyl halides is 3. The fourth-order valence-corrected chi connectivity index (χ4v) is 2.30. The molecule has 3 nitrogen and oxygen atoms in total. The zero-order valence-corrected chi connectivity index (χ0v) is 13.2. The highest BCUT2D eigenvalue weighted by Crippen LogP contribution is 2.28. The molecule has 0 aliphatic carbocycles. The first-order chi connectivity index (χ1) is 10.7. The van der Waals surface area contributed by atoms with Crippen LogP contribution < -0.4 is 0 Å². The number of pyridine rings is 1. The molecule has 0 bridgehead atoms. The molecule has 2 rings (SSSR count). The maximum Gasteiger partial charge on any atom is 0.433 e. The van der Waals surface area contributed by atoms with E-state index in [0.29, 0.717) is 5.02 Å². The minimum Gasteiger partial charge on any atom is -0.337 e. The number of benzene rings is 1. The van der Waals surface area contributed by atoms with Gasteiger partial charge in [-0.15, -0.1) is 0 Å². The number of hydrogen-bond acceptors (Lipinski definition) is 2. The zero-order chi connectivity index (χ0) is 17.2. The minimum absolute atomic E-state index is 0.0378. The predicted octanol–water partition coefficient (Wildman–Crippen LogP) is 4.33. The summed E-state index contributed by atoms with van der Waals surface area (Å²) in [6.45, 7) is 1.63. The third-order valence-electron chi connectivity index (χ3n) is 3.32. The Bertz CT molecular complexity index is 732. The van der Waals surface area contributed by atoms with Crippen LogP contribution in [0.25, 0.3) is 0 Å². The summed E-state index contributed by atoms with van der Waals surface area (Å²) in [7, 11) is 1.56. The number of nitrogens with zero attached hydrogens (tertiary/aromatic N) is 2. The molecule has 0 N–H and O–H groups in total. The first kappa shape index (κ1) is 17.3. The van der Waals surface area contributed by atoms with Gasteiger partial charge in [-0.1, -0.05) is 29.8 Å². The van der Waals surface area contributed by atoms with Crippen LogP contribution in [0.4, 0.5) is 13.2 Å². The van der Waals surface area contributed by atoms with Crippen molar-refractivity contribution in [2.45, 2.75) is 19.6 Å². The van der Waals surface area contributed by atoms with E-state index >= 15 is 0 Å². The van der Waals surface area contributed by atoms with E-state index in [1.165, 1.54) is 11.8 Å². The number of hydrogen-bond donors (Lipinski definition) is 0. The van der Waals surface area contributed by atoms with Crippen LogP contribution in [0.1, 0.15) is 27.3 Å². The Hall–Kier alpha value is -2.08. The maximum atomic E-state index is 12.6. The summed E-state index contributed by atoms with van der Waals surface area (Å²) in [5.74, 6) is -0.413. The highest BCUT2D eigenvalue weighted by Gasteiger charge is 2.33. The van der Waals surface area contributed by atoms with Gasteiger partial charge in [0.05, 0.1) is 11.3 Å². The second kappa shape index (κ2) is 6.58. The molecule has 0 saturated heterocycles. The average molecular weight is 343 g/mol. The molecule has 7 heteroatoms. The smallest absolute Gasteiger partial charge is 0.337 e. The van der Waals surface area contributed by atoms with Crippen molar-refractivity contribution in [3.8, 4) is 0 Å². The van der Waals surface area contributed by atoms with Crippen LogP contribution in [0.3, 0.4) is 0 Å². The number of halogens is 4. The number of rotatable bonds is 3. The monoisotopic (exact) mass is 342 g/mol. The van der Waals surface area contributed by atoms with E-state index in [1.54, 1.807) is 31.3 Å². The lowest BCUT2D eigenvalue weighted by molar-refractivity contribution is -0.141. The van der Waals surface area contributed by atoms with Crippen molar-refractivity contribution in [2.24, 2.45) is 0 Å². The number of aromatic nitrogens is 1. The van der Waals surface area contributed by atoms with Gasteiger partial charge in [-0.3, -0.25) is 4.79 Å². The summed E-state index contributed by atoms with van der Waals surface area (Å²) in [6, 6.07) is 9.02. The zero-order valence-electron chi connectivity index (χ0n) is 12.5. The van der Waals surface area contributed by atoms with Crippen molar-refractivity contribution in [3.63, 3.8) is 0 Å².